The average Bonchev–Trinajstić information content (AvgIpc) is 2.16. The Labute approximate surface area is 89.1 Å². The fraction of sp³-hybridized carbons (Fsp3) is 0.200. The van der Waals surface area contributed by atoms with Gasteiger partial charge in [0.1, 0.15) is 23.2 Å². The monoisotopic (exact) mass is 229 g/mol. The Hall–Kier alpha value is -2.03. The van der Waals surface area contributed by atoms with Crippen molar-refractivity contribution in [1.29, 1.82) is 5.26 Å². The summed E-state index contributed by atoms with van der Waals surface area (Å²) in [5, 5.41) is 8.54. The lowest BCUT2D eigenvalue weighted by molar-refractivity contribution is -0.0502. The number of hydrogen-bond donors (Lipinski definition) is 0. The molecular formula is C10H6F3NO2. The minimum atomic E-state index is -3.19. The molecule has 1 aromatic carbocycles. The molecule has 0 aliphatic carbocycles. The summed E-state index contributed by atoms with van der Waals surface area (Å²) in [7, 11) is 0. The number of hydrogen-bond acceptors (Lipinski definition) is 3. The van der Waals surface area contributed by atoms with Gasteiger partial charge in [0.2, 0.25) is 0 Å². The van der Waals surface area contributed by atoms with Gasteiger partial charge >= 0.3 is 6.61 Å². The molecule has 0 heterocycles. The van der Waals surface area contributed by atoms with Crippen LogP contribution < -0.4 is 4.74 Å². The first-order valence-corrected chi connectivity index (χ1v) is 4.15. The van der Waals surface area contributed by atoms with Crippen molar-refractivity contribution in [3.8, 4) is 11.8 Å². The number of alkyl halides is 2. The van der Waals surface area contributed by atoms with Gasteiger partial charge in [-0.25, -0.2) is 4.39 Å². The highest BCUT2D eigenvalue weighted by Crippen LogP contribution is 2.25. The number of nitriles is 1. The Morgan fingerprint density at radius 2 is 2.12 bits per heavy atom. The molecule has 0 radical (unpaired) electrons. The first-order valence-electron chi connectivity index (χ1n) is 4.15. The van der Waals surface area contributed by atoms with Crippen LogP contribution in [0.4, 0.5) is 13.2 Å². The summed E-state index contributed by atoms with van der Waals surface area (Å²) in [6, 6.07) is 3.11. The van der Waals surface area contributed by atoms with Crippen LogP contribution >= 0.6 is 0 Å². The van der Waals surface area contributed by atoms with Crippen LogP contribution in [0.2, 0.25) is 0 Å². The van der Waals surface area contributed by atoms with Gasteiger partial charge in [-0.15, -0.1) is 0 Å². The van der Waals surface area contributed by atoms with Gasteiger partial charge in [0, 0.05) is 5.56 Å². The number of nitrogens with zero attached hydrogens (tertiary/aromatic N) is 1. The van der Waals surface area contributed by atoms with Crippen molar-refractivity contribution in [3.63, 3.8) is 0 Å². The van der Waals surface area contributed by atoms with E-state index < -0.39 is 29.5 Å². The van der Waals surface area contributed by atoms with E-state index in [1.165, 1.54) is 6.07 Å². The Morgan fingerprint density at radius 1 is 1.50 bits per heavy atom. The van der Waals surface area contributed by atoms with Gasteiger partial charge in [-0.3, -0.25) is 4.79 Å². The van der Waals surface area contributed by atoms with Crippen molar-refractivity contribution in [3.05, 3.63) is 29.1 Å². The molecule has 0 aliphatic heterocycles. The molecular weight excluding hydrogens is 223 g/mol. The summed E-state index contributed by atoms with van der Waals surface area (Å²) in [5.41, 5.74) is -0.780. The fourth-order valence-electron chi connectivity index (χ4n) is 1.08. The first-order chi connectivity index (χ1) is 7.45. The van der Waals surface area contributed by atoms with E-state index in [9.17, 15) is 18.0 Å². The zero-order chi connectivity index (χ0) is 12.3. The lowest BCUT2D eigenvalue weighted by atomic mass is 10.1. The summed E-state index contributed by atoms with van der Waals surface area (Å²) in [6.07, 6.45) is 0. The normalized spacial score (nSPS) is 10.0. The van der Waals surface area contributed by atoms with Crippen LogP contribution in [0.5, 0.6) is 5.75 Å². The molecule has 0 atom stereocenters. The van der Waals surface area contributed by atoms with E-state index in [1.54, 1.807) is 0 Å². The Morgan fingerprint density at radius 3 is 2.56 bits per heavy atom. The Balaban J connectivity index is 3.32. The van der Waals surface area contributed by atoms with Crippen molar-refractivity contribution in [1.82, 2.24) is 0 Å². The van der Waals surface area contributed by atoms with Gasteiger partial charge in [-0.2, -0.15) is 14.0 Å². The molecule has 0 aliphatic rings. The molecule has 16 heavy (non-hydrogen) atoms. The van der Waals surface area contributed by atoms with Gasteiger partial charge in [0.15, 0.2) is 5.78 Å². The molecule has 0 spiro atoms. The summed E-state index contributed by atoms with van der Waals surface area (Å²) in [4.78, 5) is 10.9. The lowest BCUT2D eigenvalue weighted by Gasteiger charge is -2.08. The van der Waals surface area contributed by atoms with E-state index in [1.807, 2.05) is 0 Å². The van der Waals surface area contributed by atoms with Crippen LogP contribution in [0.15, 0.2) is 12.1 Å². The van der Waals surface area contributed by atoms with Crippen LogP contribution in [0, 0.1) is 17.1 Å². The summed E-state index contributed by atoms with van der Waals surface area (Å²) >= 11 is 0. The summed E-state index contributed by atoms with van der Waals surface area (Å²) in [6.45, 7) is -2.04. The molecule has 84 valence electrons. The van der Waals surface area contributed by atoms with Crippen LogP contribution in [0.25, 0.3) is 0 Å². The molecule has 0 N–H and O–H groups in total. The smallest absolute Gasteiger partial charge is 0.387 e. The number of ketones is 1. The molecule has 3 nitrogen and oxygen atoms in total. The first kappa shape index (κ1) is 12.0. The van der Waals surface area contributed by atoms with Crippen LogP contribution in [0.3, 0.4) is 0 Å². The molecule has 6 heteroatoms. The van der Waals surface area contributed by atoms with E-state index in [0.717, 1.165) is 19.1 Å². The minimum absolute atomic E-state index is 0.132. The number of carbonyl (C=O) groups is 1. The molecule has 0 fully saturated rings. The maximum Gasteiger partial charge on any atom is 0.387 e. The SMILES string of the molecule is CC(=O)c1cc(F)c(C#N)c(OC(F)F)c1. The van der Waals surface area contributed by atoms with Gasteiger partial charge in [-0.1, -0.05) is 0 Å². The molecule has 1 aromatic rings. The molecule has 0 amide bonds. The van der Waals surface area contributed by atoms with E-state index in [0.29, 0.717) is 0 Å². The second kappa shape index (κ2) is 4.66. The van der Waals surface area contributed by atoms with Gasteiger partial charge in [0.25, 0.3) is 0 Å². The van der Waals surface area contributed by atoms with E-state index in [-0.39, 0.29) is 5.56 Å². The molecule has 0 saturated carbocycles. The number of benzene rings is 1. The predicted octanol–water partition coefficient (Wildman–Crippen LogP) is 2.50. The van der Waals surface area contributed by atoms with E-state index in [2.05, 4.69) is 4.74 Å². The van der Waals surface area contributed by atoms with Gasteiger partial charge in [-0.05, 0) is 19.1 Å². The average molecular weight is 229 g/mol. The minimum Gasteiger partial charge on any atom is -0.433 e. The highest BCUT2D eigenvalue weighted by molar-refractivity contribution is 5.94. The zero-order valence-electron chi connectivity index (χ0n) is 8.13. The number of rotatable bonds is 3. The third-order valence-electron chi connectivity index (χ3n) is 1.79. The van der Waals surface area contributed by atoms with Crippen molar-refractivity contribution in [2.75, 3.05) is 0 Å². The van der Waals surface area contributed by atoms with Crippen molar-refractivity contribution < 1.29 is 22.7 Å². The lowest BCUT2D eigenvalue weighted by Crippen LogP contribution is -2.06. The molecule has 0 unspecified atom stereocenters. The van der Waals surface area contributed by atoms with Crippen LogP contribution in [-0.4, -0.2) is 12.4 Å². The Kier molecular flexibility index (Phi) is 3.51. The highest BCUT2D eigenvalue weighted by atomic mass is 19.3. The van der Waals surface area contributed by atoms with Crippen molar-refractivity contribution in [2.24, 2.45) is 0 Å². The van der Waals surface area contributed by atoms with Gasteiger partial charge in [0.05, 0.1) is 0 Å². The third-order valence-corrected chi connectivity index (χ3v) is 1.79. The number of ether oxygens (including phenoxy) is 1. The van der Waals surface area contributed by atoms with Crippen molar-refractivity contribution in [2.45, 2.75) is 13.5 Å². The van der Waals surface area contributed by atoms with E-state index >= 15 is 0 Å². The number of carbonyl (C=O) groups excluding carboxylic acids is 1. The second-order valence-electron chi connectivity index (χ2n) is 2.88. The van der Waals surface area contributed by atoms with E-state index in [4.69, 9.17) is 5.26 Å². The molecule has 0 bridgehead atoms. The standard InChI is InChI=1S/C10H6F3NO2/c1-5(15)6-2-8(11)7(4-14)9(3-6)16-10(12)13/h2-3,10H,1H3. The Bertz CT molecular complexity index is 466. The van der Waals surface area contributed by atoms with Crippen molar-refractivity contribution >= 4 is 5.78 Å². The predicted molar refractivity (Wildman–Crippen MR) is 47.8 cm³/mol. The molecule has 0 aromatic heterocycles. The highest BCUT2D eigenvalue weighted by Gasteiger charge is 2.16. The van der Waals surface area contributed by atoms with Crippen LogP contribution in [-0.2, 0) is 0 Å². The topological polar surface area (TPSA) is 50.1 Å². The maximum absolute atomic E-state index is 13.2. The maximum atomic E-state index is 13.2. The summed E-state index contributed by atoms with van der Waals surface area (Å²) in [5.74, 6) is -2.21. The number of halogens is 3. The number of Topliss-reactive ketones (excluding diaryl/α,β-unsaturated/α-hetero) is 1. The van der Waals surface area contributed by atoms with Crippen LogP contribution in [0.1, 0.15) is 22.8 Å². The zero-order valence-corrected chi connectivity index (χ0v) is 8.13. The second-order valence-corrected chi connectivity index (χ2v) is 2.88. The fourth-order valence-corrected chi connectivity index (χ4v) is 1.08. The largest absolute Gasteiger partial charge is 0.433 e. The molecule has 1 rings (SSSR count). The quantitative estimate of drug-likeness (QED) is 0.748. The molecule has 0 saturated heterocycles. The summed E-state index contributed by atoms with van der Waals surface area (Å²) < 4.78 is 41.1. The van der Waals surface area contributed by atoms with Gasteiger partial charge < -0.3 is 4.74 Å². The third kappa shape index (κ3) is 2.51.